The first kappa shape index (κ1) is 25.3. The molecule has 0 spiro atoms. The number of rotatable bonds is 10. The lowest BCUT2D eigenvalue weighted by Gasteiger charge is -2.31. The third-order valence-corrected chi connectivity index (χ3v) is 5.65. The highest BCUT2D eigenvalue weighted by atomic mass is 19.4. The lowest BCUT2D eigenvalue weighted by atomic mass is 9.75. The predicted molar refractivity (Wildman–Crippen MR) is 113 cm³/mol. The van der Waals surface area contributed by atoms with Crippen LogP contribution in [0.5, 0.6) is 0 Å². The summed E-state index contributed by atoms with van der Waals surface area (Å²) >= 11 is 0. The van der Waals surface area contributed by atoms with Gasteiger partial charge in [0.2, 0.25) is 5.76 Å². The topological polar surface area (TPSA) is 102 Å². The Morgan fingerprint density at radius 2 is 1.81 bits per heavy atom. The zero-order valence-corrected chi connectivity index (χ0v) is 18.1. The number of amides is 1. The molecule has 0 heterocycles. The van der Waals surface area contributed by atoms with Gasteiger partial charge in [-0.1, -0.05) is 44.9 Å². The van der Waals surface area contributed by atoms with Gasteiger partial charge < -0.3 is 20.9 Å². The highest BCUT2D eigenvalue weighted by molar-refractivity contribution is 6.00. The lowest BCUT2D eigenvalue weighted by molar-refractivity contribution is -0.137. The average Bonchev–Trinajstić information content (AvgIpc) is 3.19. The number of carbonyl (C=O) groups excluding carboxylic acids is 1. The van der Waals surface area contributed by atoms with Crippen LogP contribution in [0, 0.1) is 0 Å². The van der Waals surface area contributed by atoms with E-state index >= 15 is 0 Å². The van der Waals surface area contributed by atoms with Crippen LogP contribution in [0.4, 0.5) is 13.2 Å². The van der Waals surface area contributed by atoms with Crippen LogP contribution in [-0.2, 0) is 25.9 Å². The fourth-order valence-electron chi connectivity index (χ4n) is 3.98. The molecule has 32 heavy (non-hydrogen) atoms. The van der Waals surface area contributed by atoms with E-state index in [1.54, 1.807) is 0 Å². The van der Waals surface area contributed by atoms with Crippen molar-refractivity contribution in [1.82, 2.24) is 5.32 Å². The van der Waals surface area contributed by atoms with Gasteiger partial charge in [-0.3, -0.25) is 4.79 Å². The molecule has 1 fully saturated rings. The predicted octanol–water partition coefficient (Wildman–Crippen LogP) is 4.61. The number of benzene rings is 1. The zero-order chi connectivity index (χ0) is 23.9. The minimum Gasteiger partial charge on any atom is -0.486 e. The SMILES string of the molecule is C=C(CC1(c2ccc(C(F)(F)F)cc2)CCCC1)NC(=O)/C(OCCCC)=C(\N)C(=O)O. The first-order valence-corrected chi connectivity index (χ1v) is 10.5. The quantitative estimate of drug-likeness (QED) is 0.272. The number of carbonyl (C=O) groups is 2. The molecule has 1 aromatic rings. The number of hydrogen-bond donors (Lipinski definition) is 3. The molecule has 0 atom stereocenters. The van der Waals surface area contributed by atoms with Crippen LogP contribution in [0.25, 0.3) is 0 Å². The van der Waals surface area contributed by atoms with Gasteiger partial charge in [-0.05, 0) is 43.4 Å². The Bertz CT molecular complexity index is 870. The molecule has 1 saturated carbocycles. The van der Waals surface area contributed by atoms with Gasteiger partial charge >= 0.3 is 12.1 Å². The van der Waals surface area contributed by atoms with Crippen LogP contribution < -0.4 is 11.1 Å². The van der Waals surface area contributed by atoms with Crippen LogP contribution in [0.3, 0.4) is 0 Å². The molecule has 0 aliphatic heterocycles. The number of nitrogens with one attached hydrogen (secondary N) is 1. The Labute approximate surface area is 185 Å². The van der Waals surface area contributed by atoms with Crippen LogP contribution in [0.1, 0.15) is 63.0 Å². The highest BCUT2D eigenvalue weighted by Crippen LogP contribution is 2.45. The molecule has 0 bridgehead atoms. The molecule has 6 nitrogen and oxygen atoms in total. The van der Waals surface area contributed by atoms with Crippen molar-refractivity contribution in [2.75, 3.05) is 6.61 Å². The summed E-state index contributed by atoms with van der Waals surface area (Å²) < 4.78 is 44.1. The largest absolute Gasteiger partial charge is 0.486 e. The number of aliphatic carboxylic acids is 1. The Morgan fingerprint density at radius 1 is 1.22 bits per heavy atom. The number of carboxylic acid groups (broad SMARTS) is 1. The number of unbranched alkanes of at least 4 members (excludes halogenated alkanes) is 1. The van der Waals surface area contributed by atoms with E-state index in [-0.39, 0.29) is 6.61 Å². The van der Waals surface area contributed by atoms with E-state index in [9.17, 15) is 22.8 Å². The van der Waals surface area contributed by atoms with Gasteiger partial charge in [-0.2, -0.15) is 13.2 Å². The van der Waals surface area contributed by atoms with Gasteiger partial charge in [0.1, 0.15) is 0 Å². The van der Waals surface area contributed by atoms with Crippen LogP contribution in [-0.4, -0.2) is 23.6 Å². The molecule has 4 N–H and O–H groups in total. The first-order chi connectivity index (χ1) is 15.0. The molecule has 176 valence electrons. The molecule has 0 saturated heterocycles. The van der Waals surface area contributed by atoms with E-state index in [1.165, 1.54) is 12.1 Å². The van der Waals surface area contributed by atoms with Crippen LogP contribution >= 0.6 is 0 Å². The molecule has 0 unspecified atom stereocenters. The van der Waals surface area contributed by atoms with Crippen molar-refractivity contribution < 1.29 is 32.6 Å². The first-order valence-electron chi connectivity index (χ1n) is 10.5. The van der Waals surface area contributed by atoms with Crippen LogP contribution in [0.2, 0.25) is 0 Å². The minimum absolute atomic E-state index is 0.134. The minimum atomic E-state index is -4.41. The second-order valence-corrected chi connectivity index (χ2v) is 8.05. The summed E-state index contributed by atoms with van der Waals surface area (Å²) in [6.07, 6.45) is 0.564. The number of alkyl halides is 3. The van der Waals surface area contributed by atoms with E-state index in [0.29, 0.717) is 18.5 Å². The van der Waals surface area contributed by atoms with Gasteiger partial charge in [0, 0.05) is 11.1 Å². The third-order valence-electron chi connectivity index (χ3n) is 5.65. The van der Waals surface area contributed by atoms with Crippen molar-refractivity contribution in [2.45, 2.75) is 63.5 Å². The summed E-state index contributed by atoms with van der Waals surface area (Å²) in [5.74, 6) is -2.78. The van der Waals surface area contributed by atoms with E-state index in [1.807, 2.05) is 6.92 Å². The number of halogens is 3. The molecule has 2 rings (SSSR count). The lowest BCUT2D eigenvalue weighted by Crippen LogP contribution is -2.33. The standard InChI is InChI=1S/C23H29F3N2O4/c1-3-4-13-32-19(18(27)21(30)31)20(29)28-15(2)14-22(11-5-6-12-22)16-7-9-17(10-8-16)23(24,25)26/h7-10H,2-6,11-14,27H2,1H3,(H,28,29)(H,30,31)/b19-18+. The maximum atomic E-state index is 12.9. The smallest absolute Gasteiger partial charge is 0.416 e. The Kier molecular flexibility index (Phi) is 8.35. The maximum absolute atomic E-state index is 12.9. The average molecular weight is 454 g/mol. The number of ether oxygens (including phenoxy) is 1. The summed E-state index contributed by atoms with van der Waals surface area (Å²) in [5.41, 5.74) is 4.70. The fraction of sp³-hybridized carbons (Fsp3) is 0.478. The van der Waals surface area contributed by atoms with Gasteiger partial charge in [0.25, 0.3) is 5.91 Å². The van der Waals surface area contributed by atoms with Crippen molar-refractivity contribution in [2.24, 2.45) is 5.73 Å². The van der Waals surface area contributed by atoms with Crippen molar-refractivity contribution in [3.05, 3.63) is 59.1 Å². The zero-order valence-electron chi connectivity index (χ0n) is 18.1. The normalized spacial score (nSPS) is 16.2. The second-order valence-electron chi connectivity index (χ2n) is 8.05. The summed E-state index contributed by atoms with van der Waals surface area (Å²) in [6.45, 7) is 5.94. The molecule has 1 aliphatic rings. The molecule has 0 radical (unpaired) electrons. The van der Waals surface area contributed by atoms with Gasteiger partial charge in [-0.25, -0.2) is 4.79 Å². The fourth-order valence-corrected chi connectivity index (χ4v) is 3.98. The van der Waals surface area contributed by atoms with Crippen molar-refractivity contribution in [3.8, 4) is 0 Å². The van der Waals surface area contributed by atoms with Gasteiger partial charge in [-0.15, -0.1) is 0 Å². The van der Waals surface area contributed by atoms with Crippen molar-refractivity contribution in [3.63, 3.8) is 0 Å². The Balaban J connectivity index is 2.18. The van der Waals surface area contributed by atoms with Gasteiger partial charge in [0.15, 0.2) is 5.70 Å². The van der Waals surface area contributed by atoms with Crippen molar-refractivity contribution >= 4 is 11.9 Å². The van der Waals surface area contributed by atoms with E-state index < -0.39 is 40.5 Å². The molecular weight excluding hydrogens is 425 g/mol. The number of nitrogens with two attached hydrogens (primary N) is 1. The van der Waals surface area contributed by atoms with E-state index in [0.717, 1.165) is 49.8 Å². The molecule has 9 heteroatoms. The second kappa shape index (κ2) is 10.6. The summed E-state index contributed by atoms with van der Waals surface area (Å²) in [4.78, 5) is 23.9. The van der Waals surface area contributed by atoms with Crippen LogP contribution in [0.15, 0.2) is 48.0 Å². The molecule has 1 amide bonds. The summed E-state index contributed by atoms with van der Waals surface area (Å²) in [6, 6.07) is 5.08. The van der Waals surface area contributed by atoms with Crippen molar-refractivity contribution in [1.29, 1.82) is 0 Å². The number of hydrogen-bond acceptors (Lipinski definition) is 4. The third kappa shape index (κ3) is 6.27. The summed E-state index contributed by atoms with van der Waals surface area (Å²) in [5, 5.41) is 11.7. The number of allylic oxidation sites excluding steroid dienone is 1. The maximum Gasteiger partial charge on any atom is 0.416 e. The molecule has 0 aromatic heterocycles. The monoisotopic (exact) mass is 454 g/mol. The Hall–Kier alpha value is -2.97. The van der Waals surface area contributed by atoms with E-state index in [2.05, 4.69) is 11.9 Å². The number of carboxylic acids is 1. The van der Waals surface area contributed by atoms with E-state index in [4.69, 9.17) is 15.6 Å². The molecular formula is C23H29F3N2O4. The van der Waals surface area contributed by atoms with Gasteiger partial charge in [0.05, 0.1) is 12.2 Å². The summed E-state index contributed by atoms with van der Waals surface area (Å²) in [7, 11) is 0. The molecule has 1 aromatic carbocycles. The highest BCUT2D eigenvalue weighted by Gasteiger charge is 2.38. The molecule has 1 aliphatic carbocycles. The Morgan fingerprint density at radius 3 is 2.31 bits per heavy atom.